The molecule has 0 aliphatic carbocycles. The number of thioether (sulfide) groups is 1. The fraction of sp³-hybridized carbons (Fsp3) is 0.923. The third-order valence-electron chi connectivity index (χ3n) is 3.17. The number of sulfonamides is 1. The van der Waals surface area contributed by atoms with E-state index in [0.717, 1.165) is 17.9 Å². The second-order valence-electron chi connectivity index (χ2n) is 6.32. The van der Waals surface area contributed by atoms with Crippen LogP contribution in [0.5, 0.6) is 0 Å². The Balaban J connectivity index is 2.21. The minimum atomic E-state index is -3.25. The van der Waals surface area contributed by atoms with Crippen LogP contribution in [0.3, 0.4) is 0 Å². The third-order valence-corrected chi connectivity index (χ3v) is 5.98. The highest BCUT2D eigenvalue weighted by molar-refractivity contribution is 7.99. The number of hydrogen-bond acceptors (Lipinski definition) is 4. The van der Waals surface area contributed by atoms with E-state index in [1.807, 2.05) is 0 Å². The van der Waals surface area contributed by atoms with E-state index in [1.54, 1.807) is 11.8 Å². The van der Waals surface area contributed by atoms with E-state index in [-0.39, 0.29) is 23.7 Å². The van der Waals surface area contributed by atoms with Crippen molar-refractivity contribution in [2.24, 2.45) is 5.41 Å². The number of hydrogen-bond donors (Lipinski definition) is 2. The summed E-state index contributed by atoms with van der Waals surface area (Å²) in [5.41, 5.74) is 0.170. The van der Waals surface area contributed by atoms with Crippen molar-refractivity contribution in [3.63, 3.8) is 0 Å². The van der Waals surface area contributed by atoms with Gasteiger partial charge >= 0.3 is 6.03 Å². The number of carbonyl (C=O) groups excluding carboxylic acids is 1. The molecule has 0 bridgehead atoms. The molecule has 0 aromatic carbocycles. The lowest BCUT2D eigenvalue weighted by molar-refractivity contribution is 0.239. The van der Waals surface area contributed by atoms with E-state index < -0.39 is 10.0 Å². The molecule has 1 rings (SSSR count). The molecule has 0 atom stereocenters. The summed E-state index contributed by atoms with van der Waals surface area (Å²) < 4.78 is 25.6. The fourth-order valence-corrected chi connectivity index (χ4v) is 4.35. The normalized spacial score (nSPS) is 17.5. The second-order valence-corrected chi connectivity index (χ2v) is 9.63. The zero-order valence-corrected chi connectivity index (χ0v) is 14.8. The van der Waals surface area contributed by atoms with E-state index in [1.165, 1.54) is 4.31 Å². The number of urea groups is 1. The Morgan fingerprint density at radius 2 is 1.71 bits per heavy atom. The maximum Gasteiger partial charge on any atom is 0.314 e. The van der Waals surface area contributed by atoms with Gasteiger partial charge in [-0.25, -0.2) is 17.5 Å². The molecule has 2 amide bonds. The molecule has 1 aliphatic heterocycles. The summed E-state index contributed by atoms with van der Waals surface area (Å²) in [7, 11) is -3.25. The van der Waals surface area contributed by atoms with Crippen molar-refractivity contribution in [3.8, 4) is 0 Å². The summed E-state index contributed by atoms with van der Waals surface area (Å²) in [5, 5.41) is 5.35. The van der Waals surface area contributed by atoms with Crippen LogP contribution in [0.4, 0.5) is 4.79 Å². The van der Waals surface area contributed by atoms with Gasteiger partial charge in [-0.15, -0.1) is 0 Å². The molecule has 1 fully saturated rings. The SMILES string of the molecule is CC(C)(C)CCNC(=O)NCCS(=O)(=O)N1CCSCC1. The molecule has 0 aromatic heterocycles. The van der Waals surface area contributed by atoms with E-state index in [9.17, 15) is 13.2 Å². The first kappa shape index (κ1) is 18.6. The lowest BCUT2D eigenvalue weighted by Gasteiger charge is -2.25. The van der Waals surface area contributed by atoms with Crippen LogP contribution in [0, 0.1) is 5.41 Å². The van der Waals surface area contributed by atoms with Crippen molar-refractivity contribution in [1.82, 2.24) is 14.9 Å². The minimum Gasteiger partial charge on any atom is -0.338 e. The summed E-state index contributed by atoms with van der Waals surface area (Å²) in [6, 6.07) is -0.302. The molecule has 1 aliphatic rings. The predicted octanol–water partition coefficient (Wildman–Crippen LogP) is 1.10. The number of nitrogens with one attached hydrogen (secondary N) is 2. The fourth-order valence-electron chi connectivity index (χ4n) is 1.86. The quantitative estimate of drug-likeness (QED) is 0.761. The summed E-state index contributed by atoms with van der Waals surface area (Å²) in [6.07, 6.45) is 0.879. The highest BCUT2D eigenvalue weighted by atomic mass is 32.2. The van der Waals surface area contributed by atoms with Gasteiger partial charge in [0.25, 0.3) is 0 Å². The molecule has 124 valence electrons. The number of carbonyl (C=O) groups is 1. The van der Waals surface area contributed by atoms with Gasteiger partial charge in [-0.1, -0.05) is 20.8 Å². The van der Waals surface area contributed by atoms with Crippen molar-refractivity contribution in [2.75, 3.05) is 43.4 Å². The van der Waals surface area contributed by atoms with Crippen molar-refractivity contribution < 1.29 is 13.2 Å². The molecule has 2 N–H and O–H groups in total. The predicted molar refractivity (Wildman–Crippen MR) is 88.2 cm³/mol. The van der Waals surface area contributed by atoms with Gasteiger partial charge in [0.1, 0.15) is 0 Å². The van der Waals surface area contributed by atoms with Gasteiger partial charge in [-0.3, -0.25) is 0 Å². The average Bonchev–Trinajstić information content (AvgIpc) is 2.38. The summed E-state index contributed by atoms with van der Waals surface area (Å²) >= 11 is 1.77. The minimum absolute atomic E-state index is 0.0373. The Morgan fingerprint density at radius 1 is 1.14 bits per heavy atom. The van der Waals surface area contributed by atoms with E-state index in [2.05, 4.69) is 31.4 Å². The smallest absolute Gasteiger partial charge is 0.314 e. The molecular weight excluding hydrogens is 310 g/mol. The standard InChI is InChI=1S/C13H27N3O3S2/c1-13(2,3)4-5-14-12(17)15-6-11-21(18,19)16-7-9-20-10-8-16/h4-11H2,1-3H3,(H2,14,15,17). The highest BCUT2D eigenvalue weighted by Crippen LogP contribution is 2.16. The van der Waals surface area contributed by atoms with Crippen LogP contribution in [0.1, 0.15) is 27.2 Å². The van der Waals surface area contributed by atoms with Gasteiger partial charge in [0.15, 0.2) is 0 Å². The maximum atomic E-state index is 12.1. The third kappa shape index (κ3) is 7.92. The molecule has 1 saturated heterocycles. The first-order valence-electron chi connectivity index (χ1n) is 7.28. The molecule has 0 aromatic rings. The molecule has 8 heteroatoms. The van der Waals surface area contributed by atoms with Crippen LogP contribution in [-0.4, -0.2) is 62.2 Å². The number of amides is 2. The molecule has 0 spiro atoms. The molecule has 0 radical (unpaired) electrons. The van der Waals surface area contributed by atoms with Crippen LogP contribution >= 0.6 is 11.8 Å². The van der Waals surface area contributed by atoms with Crippen molar-refractivity contribution in [1.29, 1.82) is 0 Å². The van der Waals surface area contributed by atoms with E-state index in [0.29, 0.717) is 19.6 Å². The Bertz CT molecular complexity index is 426. The van der Waals surface area contributed by atoms with Crippen LogP contribution < -0.4 is 10.6 Å². The second kappa shape index (κ2) is 8.24. The lowest BCUT2D eigenvalue weighted by Crippen LogP contribution is -2.43. The maximum absolute atomic E-state index is 12.1. The largest absolute Gasteiger partial charge is 0.338 e. The Hall–Kier alpha value is -0.470. The van der Waals surface area contributed by atoms with Gasteiger partial charge in [0.05, 0.1) is 5.75 Å². The van der Waals surface area contributed by atoms with Crippen LogP contribution in [0.15, 0.2) is 0 Å². The van der Waals surface area contributed by atoms with Crippen LogP contribution in [0.2, 0.25) is 0 Å². The first-order chi connectivity index (χ1) is 9.71. The van der Waals surface area contributed by atoms with Crippen molar-refractivity contribution in [3.05, 3.63) is 0 Å². The van der Waals surface area contributed by atoms with E-state index >= 15 is 0 Å². The van der Waals surface area contributed by atoms with Gasteiger partial charge in [-0.05, 0) is 11.8 Å². The van der Waals surface area contributed by atoms with Gasteiger partial charge < -0.3 is 10.6 Å². The average molecular weight is 338 g/mol. The Kier molecular flexibility index (Phi) is 7.29. The summed E-state index contributed by atoms with van der Waals surface area (Å²) in [5.74, 6) is 1.66. The molecule has 0 saturated carbocycles. The molecule has 6 nitrogen and oxygen atoms in total. The van der Waals surface area contributed by atoms with E-state index in [4.69, 9.17) is 0 Å². The number of rotatable bonds is 6. The highest BCUT2D eigenvalue weighted by Gasteiger charge is 2.23. The summed E-state index contributed by atoms with van der Waals surface area (Å²) in [4.78, 5) is 11.6. The summed E-state index contributed by atoms with van der Waals surface area (Å²) in [6.45, 7) is 8.20. The molecule has 0 unspecified atom stereocenters. The van der Waals surface area contributed by atoms with Crippen LogP contribution in [-0.2, 0) is 10.0 Å². The van der Waals surface area contributed by atoms with Crippen molar-refractivity contribution >= 4 is 27.8 Å². The topological polar surface area (TPSA) is 78.5 Å². The van der Waals surface area contributed by atoms with Crippen LogP contribution in [0.25, 0.3) is 0 Å². The number of nitrogens with zero attached hydrogens (tertiary/aromatic N) is 1. The Labute approximate surface area is 132 Å². The monoisotopic (exact) mass is 337 g/mol. The molecular formula is C13H27N3O3S2. The zero-order chi connectivity index (χ0) is 15.9. The van der Waals surface area contributed by atoms with Gasteiger partial charge in [0, 0.05) is 37.7 Å². The van der Waals surface area contributed by atoms with Gasteiger partial charge in [0.2, 0.25) is 10.0 Å². The van der Waals surface area contributed by atoms with Crippen molar-refractivity contribution in [2.45, 2.75) is 27.2 Å². The lowest BCUT2D eigenvalue weighted by atomic mass is 9.92. The molecule has 21 heavy (non-hydrogen) atoms. The molecule has 1 heterocycles. The first-order valence-corrected chi connectivity index (χ1v) is 10.0. The van der Waals surface area contributed by atoms with Gasteiger partial charge in [-0.2, -0.15) is 11.8 Å². The zero-order valence-electron chi connectivity index (χ0n) is 13.1. The Morgan fingerprint density at radius 3 is 2.29 bits per heavy atom.